The highest BCUT2D eigenvalue weighted by Gasteiger charge is 2.22. The molecule has 0 spiro atoms. The number of rotatable bonds is 5. The molecule has 9 heteroatoms. The first-order chi connectivity index (χ1) is 9.94. The van der Waals surface area contributed by atoms with Gasteiger partial charge in [0.15, 0.2) is 0 Å². The Morgan fingerprint density at radius 3 is 2.62 bits per heavy atom. The summed E-state index contributed by atoms with van der Waals surface area (Å²) in [4.78, 5) is 25.0. The molecule has 1 aromatic rings. The summed E-state index contributed by atoms with van der Waals surface area (Å²) in [5.41, 5.74) is 7.62. The van der Waals surface area contributed by atoms with E-state index >= 15 is 0 Å². The summed E-state index contributed by atoms with van der Waals surface area (Å²) in [6.07, 6.45) is 0.355. The van der Waals surface area contributed by atoms with Crippen molar-refractivity contribution < 1.29 is 23.1 Å². The van der Waals surface area contributed by atoms with E-state index in [0.29, 0.717) is 12.5 Å². The standard InChI is InChI=1S/C12H11F2N3O3S/c1-3-9(12(19)20-2)21-10-4-6(11(18)16-17-15)7(13)5-8(10)14/h4-5,9H,3H2,1-2H3. The van der Waals surface area contributed by atoms with Gasteiger partial charge in [0.2, 0.25) is 0 Å². The molecule has 0 saturated heterocycles. The molecule has 21 heavy (non-hydrogen) atoms. The van der Waals surface area contributed by atoms with Gasteiger partial charge in [-0.2, -0.15) is 0 Å². The van der Waals surface area contributed by atoms with Crippen molar-refractivity contribution in [1.82, 2.24) is 0 Å². The average Bonchev–Trinajstić information content (AvgIpc) is 2.45. The highest BCUT2D eigenvalue weighted by atomic mass is 32.2. The van der Waals surface area contributed by atoms with Gasteiger partial charge in [-0.3, -0.25) is 9.59 Å². The number of hydrogen-bond donors (Lipinski definition) is 0. The monoisotopic (exact) mass is 315 g/mol. The van der Waals surface area contributed by atoms with Gasteiger partial charge in [-0.25, -0.2) is 8.78 Å². The van der Waals surface area contributed by atoms with Gasteiger partial charge in [-0.1, -0.05) is 6.92 Å². The second-order valence-electron chi connectivity index (χ2n) is 3.79. The van der Waals surface area contributed by atoms with Crippen molar-refractivity contribution in [3.63, 3.8) is 0 Å². The van der Waals surface area contributed by atoms with Gasteiger partial charge in [0, 0.05) is 15.9 Å². The van der Waals surface area contributed by atoms with Crippen molar-refractivity contribution in [2.24, 2.45) is 5.11 Å². The maximum Gasteiger partial charge on any atom is 0.319 e. The summed E-state index contributed by atoms with van der Waals surface area (Å²) in [7, 11) is 1.20. The topological polar surface area (TPSA) is 92.1 Å². The van der Waals surface area contributed by atoms with E-state index in [1.807, 2.05) is 0 Å². The van der Waals surface area contributed by atoms with E-state index in [-0.39, 0.29) is 4.90 Å². The number of benzene rings is 1. The van der Waals surface area contributed by atoms with E-state index in [1.165, 1.54) is 7.11 Å². The van der Waals surface area contributed by atoms with Crippen molar-refractivity contribution in [1.29, 1.82) is 0 Å². The largest absolute Gasteiger partial charge is 0.468 e. The second-order valence-corrected chi connectivity index (χ2v) is 5.04. The fraction of sp³-hybridized carbons (Fsp3) is 0.333. The number of ether oxygens (including phenoxy) is 1. The van der Waals surface area contributed by atoms with E-state index in [4.69, 9.17) is 5.53 Å². The molecular formula is C12H11F2N3O3S. The number of carbonyl (C=O) groups excluding carboxylic acids is 2. The molecule has 0 aliphatic heterocycles. The number of carbonyl (C=O) groups is 2. The number of esters is 1. The first-order valence-corrected chi connectivity index (χ1v) is 6.65. The number of halogens is 2. The lowest BCUT2D eigenvalue weighted by Gasteiger charge is -2.13. The molecule has 1 unspecified atom stereocenters. The summed E-state index contributed by atoms with van der Waals surface area (Å²) in [6, 6.07) is 1.42. The van der Waals surface area contributed by atoms with Crippen LogP contribution in [-0.4, -0.2) is 24.2 Å². The smallest absolute Gasteiger partial charge is 0.319 e. The van der Waals surface area contributed by atoms with Crippen molar-refractivity contribution in [3.8, 4) is 0 Å². The Labute approximate surface area is 123 Å². The third kappa shape index (κ3) is 4.17. The Bertz CT molecular complexity index is 618. The first-order valence-electron chi connectivity index (χ1n) is 5.77. The van der Waals surface area contributed by atoms with Gasteiger partial charge >= 0.3 is 5.97 Å². The molecule has 0 aliphatic carbocycles. The molecule has 0 bridgehead atoms. The van der Waals surface area contributed by atoms with Crippen LogP contribution in [0, 0.1) is 11.6 Å². The van der Waals surface area contributed by atoms with Gasteiger partial charge in [0.1, 0.15) is 16.9 Å². The molecule has 1 rings (SSSR count). The van der Waals surface area contributed by atoms with Crippen molar-refractivity contribution in [3.05, 3.63) is 39.8 Å². The summed E-state index contributed by atoms with van der Waals surface area (Å²) in [6.45, 7) is 1.70. The van der Waals surface area contributed by atoms with Crippen molar-refractivity contribution in [2.45, 2.75) is 23.5 Å². The first kappa shape index (κ1) is 16.9. The van der Waals surface area contributed by atoms with Crippen LogP contribution in [-0.2, 0) is 9.53 Å². The van der Waals surface area contributed by atoms with Crippen LogP contribution in [0.2, 0.25) is 0 Å². The van der Waals surface area contributed by atoms with E-state index < -0.39 is 34.3 Å². The minimum Gasteiger partial charge on any atom is -0.468 e. The number of azide groups is 1. The van der Waals surface area contributed by atoms with Crippen molar-refractivity contribution in [2.75, 3.05) is 7.11 Å². The summed E-state index contributed by atoms with van der Waals surface area (Å²) in [5, 5.41) is 2.06. The zero-order valence-electron chi connectivity index (χ0n) is 11.2. The number of thioether (sulfide) groups is 1. The fourth-order valence-corrected chi connectivity index (χ4v) is 2.48. The molecule has 0 heterocycles. The van der Waals surface area contributed by atoms with Gasteiger partial charge < -0.3 is 4.74 Å². The van der Waals surface area contributed by atoms with Crippen LogP contribution in [0.15, 0.2) is 22.1 Å². The Hall–Kier alpha value is -2.12. The fourth-order valence-electron chi connectivity index (χ4n) is 1.46. The van der Waals surface area contributed by atoms with E-state index in [1.54, 1.807) is 6.92 Å². The third-order valence-electron chi connectivity index (χ3n) is 2.49. The number of nitrogens with zero attached hydrogens (tertiary/aromatic N) is 3. The van der Waals surface area contributed by atoms with Gasteiger partial charge in [-0.05, 0) is 23.1 Å². The van der Waals surface area contributed by atoms with E-state index in [0.717, 1.165) is 17.8 Å². The number of amides is 1. The minimum atomic E-state index is -1.16. The van der Waals surface area contributed by atoms with Crippen LogP contribution in [0.1, 0.15) is 23.7 Å². The zero-order chi connectivity index (χ0) is 16.0. The Morgan fingerprint density at radius 2 is 2.10 bits per heavy atom. The van der Waals surface area contributed by atoms with Gasteiger partial charge in [-0.15, -0.1) is 11.8 Å². The molecule has 0 fully saturated rings. The lowest BCUT2D eigenvalue weighted by molar-refractivity contribution is -0.140. The average molecular weight is 315 g/mol. The van der Waals surface area contributed by atoms with E-state index in [2.05, 4.69) is 14.8 Å². The lowest BCUT2D eigenvalue weighted by atomic mass is 10.2. The maximum atomic E-state index is 13.7. The normalized spacial score (nSPS) is 11.4. The Morgan fingerprint density at radius 1 is 1.43 bits per heavy atom. The number of methoxy groups -OCH3 is 1. The molecule has 0 aromatic heterocycles. The second kappa shape index (κ2) is 7.61. The number of hydrogen-bond acceptors (Lipinski definition) is 4. The lowest BCUT2D eigenvalue weighted by Crippen LogP contribution is -2.18. The van der Waals surface area contributed by atoms with Crippen molar-refractivity contribution >= 4 is 23.6 Å². The molecule has 112 valence electrons. The molecular weight excluding hydrogens is 304 g/mol. The SMILES string of the molecule is CCC(Sc1cc(C(=O)N=[N+]=[N-])c(F)cc1F)C(=O)OC. The van der Waals surface area contributed by atoms with E-state index in [9.17, 15) is 18.4 Å². The van der Waals surface area contributed by atoms with Gasteiger partial charge in [0.05, 0.1) is 12.7 Å². The maximum absolute atomic E-state index is 13.7. The van der Waals surface area contributed by atoms with Crippen LogP contribution < -0.4 is 0 Å². The molecule has 1 atom stereocenters. The molecule has 0 radical (unpaired) electrons. The Kier molecular flexibility index (Phi) is 6.13. The third-order valence-corrected chi connectivity index (χ3v) is 3.87. The van der Waals surface area contributed by atoms with Crippen LogP contribution >= 0.6 is 11.8 Å². The van der Waals surface area contributed by atoms with Crippen LogP contribution in [0.25, 0.3) is 10.4 Å². The molecule has 1 amide bonds. The Balaban J connectivity index is 3.18. The molecule has 1 aromatic carbocycles. The zero-order valence-corrected chi connectivity index (χ0v) is 12.0. The highest BCUT2D eigenvalue weighted by molar-refractivity contribution is 8.00. The highest BCUT2D eigenvalue weighted by Crippen LogP contribution is 2.30. The molecule has 0 saturated carbocycles. The predicted octanol–water partition coefficient (Wildman–Crippen LogP) is 3.46. The summed E-state index contributed by atoms with van der Waals surface area (Å²) >= 11 is 0.803. The molecule has 0 aliphatic rings. The molecule has 6 nitrogen and oxygen atoms in total. The molecule has 0 N–H and O–H groups in total. The van der Waals surface area contributed by atoms with Crippen LogP contribution in [0.3, 0.4) is 0 Å². The van der Waals surface area contributed by atoms with Crippen LogP contribution in [0.4, 0.5) is 8.78 Å². The predicted molar refractivity (Wildman–Crippen MR) is 71.8 cm³/mol. The van der Waals surface area contributed by atoms with Crippen LogP contribution in [0.5, 0.6) is 0 Å². The summed E-state index contributed by atoms with van der Waals surface area (Å²) < 4.78 is 31.8. The summed E-state index contributed by atoms with van der Waals surface area (Å²) in [5.74, 6) is -3.78. The minimum absolute atomic E-state index is 0.106. The van der Waals surface area contributed by atoms with Gasteiger partial charge in [0.25, 0.3) is 5.91 Å². The quantitative estimate of drug-likeness (QED) is 0.273.